The van der Waals surface area contributed by atoms with Crippen LogP contribution in [0.4, 0.5) is 4.39 Å². The van der Waals surface area contributed by atoms with E-state index < -0.39 is 5.82 Å². The zero-order valence-corrected chi connectivity index (χ0v) is 12.4. The Balaban J connectivity index is 1.61. The van der Waals surface area contributed by atoms with Gasteiger partial charge in [0.25, 0.3) is 5.91 Å². The number of hydrogen-bond acceptors (Lipinski definition) is 4. The van der Waals surface area contributed by atoms with Gasteiger partial charge in [0.15, 0.2) is 24.5 Å². The summed E-state index contributed by atoms with van der Waals surface area (Å²) < 4.78 is 29.9. The van der Waals surface area contributed by atoms with Crippen LogP contribution in [-0.2, 0) is 14.3 Å². The van der Waals surface area contributed by atoms with Crippen molar-refractivity contribution in [3.63, 3.8) is 0 Å². The molecule has 0 saturated carbocycles. The van der Waals surface area contributed by atoms with Crippen LogP contribution >= 0.6 is 0 Å². The maximum atomic E-state index is 13.5. The van der Waals surface area contributed by atoms with Gasteiger partial charge in [0.2, 0.25) is 0 Å². The molecule has 6 heteroatoms. The minimum atomic E-state index is -0.465. The van der Waals surface area contributed by atoms with Gasteiger partial charge in [-0.05, 0) is 31.4 Å². The van der Waals surface area contributed by atoms with Crippen LogP contribution in [0.2, 0.25) is 0 Å². The molecule has 0 aromatic heterocycles. The van der Waals surface area contributed by atoms with E-state index in [-0.39, 0.29) is 30.6 Å². The van der Waals surface area contributed by atoms with Crippen LogP contribution in [0.3, 0.4) is 0 Å². The molecule has 2 aliphatic heterocycles. The molecule has 1 atom stereocenters. The van der Waals surface area contributed by atoms with Crippen LogP contribution in [0.25, 0.3) is 0 Å². The minimum Gasteiger partial charge on any atom is -0.481 e. The Bertz CT molecular complexity index is 519. The summed E-state index contributed by atoms with van der Waals surface area (Å²) in [4.78, 5) is 14.2. The zero-order valence-electron chi connectivity index (χ0n) is 12.4. The number of amides is 1. The predicted molar refractivity (Wildman–Crippen MR) is 76.9 cm³/mol. The van der Waals surface area contributed by atoms with Crippen LogP contribution in [0.15, 0.2) is 24.3 Å². The van der Waals surface area contributed by atoms with E-state index in [9.17, 15) is 9.18 Å². The van der Waals surface area contributed by atoms with E-state index in [1.165, 1.54) is 12.1 Å². The molecule has 2 aliphatic rings. The lowest BCUT2D eigenvalue weighted by molar-refractivity contribution is -0.152. The lowest BCUT2D eigenvalue weighted by Gasteiger charge is -2.37. The van der Waals surface area contributed by atoms with E-state index in [1.54, 1.807) is 17.0 Å². The van der Waals surface area contributed by atoms with E-state index in [0.29, 0.717) is 19.8 Å². The molecule has 2 saturated heterocycles. The summed E-state index contributed by atoms with van der Waals surface area (Å²) in [6.07, 6.45) is 2.51. The number of para-hydroxylation sites is 1. The highest BCUT2D eigenvalue weighted by molar-refractivity contribution is 5.78. The molecule has 1 aromatic rings. The second-order valence-corrected chi connectivity index (χ2v) is 5.48. The Kier molecular flexibility index (Phi) is 4.90. The van der Waals surface area contributed by atoms with Gasteiger partial charge in [0.1, 0.15) is 0 Å². The summed E-state index contributed by atoms with van der Waals surface area (Å²) in [6.45, 7) is 1.61. The van der Waals surface area contributed by atoms with Crippen molar-refractivity contribution in [2.24, 2.45) is 0 Å². The third-order valence-electron chi connectivity index (χ3n) is 4.02. The lowest BCUT2D eigenvalue weighted by atomic mass is 10.0. The van der Waals surface area contributed by atoms with Crippen molar-refractivity contribution in [1.29, 1.82) is 0 Å². The fraction of sp³-hybridized carbons (Fsp3) is 0.562. The first-order chi connectivity index (χ1) is 10.8. The van der Waals surface area contributed by atoms with Crippen molar-refractivity contribution in [1.82, 2.24) is 4.90 Å². The van der Waals surface area contributed by atoms with Gasteiger partial charge >= 0.3 is 0 Å². The molecule has 1 aromatic carbocycles. The summed E-state index contributed by atoms with van der Waals surface area (Å²) in [5.41, 5.74) is 0. The van der Waals surface area contributed by atoms with Crippen LogP contribution in [0.5, 0.6) is 5.75 Å². The van der Waals surface area contributed by atoms with Gasteiger partial charge in [-0.15, -0.1) is 0 Å². The number of rotatable bonds is 4. The minimum absolute atomic E-state index is 0.0760. The molecule has 0 aliphatic carbocycles. The Morgan fingerprint density at radius 2 is 2.05 bits per heavy atom. The van der Waals surface area contributed by atoms with E-state index in [0.717, 1.165) is 19.3 Å². The van der Waals surface area contributed by atoms with E-state index >= 15 is 0 Å². The molecular formula is C16H20FNO4. The number of likely N-dealkylation sites (tertiary alicyclic amines) is 1. The summed E-state index contributed by atoms with van der Waals surface area (Å²) >= 11 is 0. The molecule has 3 rings (SSSR count). The second-order valence-electron chi connectivity index (χ2n) is 5.48. The smallest absolute Gasteiger partial charge is 0.260 e. The fourth-order valence-electron chi connectivity index (χ4n) is 2.93. The quantitative estimate of drug-likeness (QED) is 0.853. The second kappa shape index (κ2) is 7.07. The third kappa shape index (κ3) is 3.39. The SMILES string of the molecule is O=C(COc1ccccc1F)N1CCCCC1C1OCCO1. The lowest BCUT2D eigenvalue weighted by Crippen LogP contribution is -2.51. The number of nitrogens with zero attached hydrogens (tertiary/aromatic N) is 1. The summed E-state index contributed by atoms with van der Waals surface area (Å²) in [5.74, 6) is -0.530. The molecule has 2 heterocycles. The van der Waals surface area contributed by atoms with Crippen LogP contribution in [-0.4, -0.2) is 49.5 Å². The van der Waals surface area contributed by atoms with Gasteiger partial charge in [-0.1, -0.05) is 12.1 Å². The Morgan fingerprint density at radius 1 is 1.27 bits per heavy atom. The standard InChI is InChI=1S/C16H20FNO4/c17-12-5-1-2-7-14(12)22-11-15(19)18-8-4-3-6-13(18)16-20-9-10-21-16/h1-2,5,7,13,16H,3-4,6,8-11H2. The van der Waals surface area contributed by atoms with Gasteiger partial charge in [-0.3, -0.25) is 4.79 Å². The van der Waals surface area contributed by atoms with Crippen molar-refractivity contribution in [2.45, 2.75) is 31.6 Å². The zero-order chi connectivity index (χ0) is 15.4. The monoisotopic (exact) mass is 309 g/mol. The Hall–Kier alpha value is -1.66. The Morgan fingerprint density at radius 3 is 2.82 bits per heavy atom. The Labute approximate surface area is 128 Å². The normalized spacial score (nSPS) is 22.8. The highest BCUT2D eigenvalue weighted by Gasteiger charge is 2.36. The molecule has 1 amide bonds. The third-order valence-corrected chi connectivity index (χ3v) is 4.02. The number of hydrogen-bond donors (Lipinski definition) is 0. The molecule has 0 spiro atoms. The maximum absolute atomic E-state index is 13.5. The first-order valence-corrected chi connectivity index (χ1v) is 7.66. The van der Waals surface area contributed by atoms with Crippen molar-refractivity contribution in [3.05, 3.63) is 30.1 Å². The van der Waals surface area contributed by atoms with Crippen LogP contribution in [0.1, 0.15) is 19.3 Å². The number of carbonyl (C=O) groups excluding carboxylic acids is 1. The van der Waals surface area contributed by atoms with Crippen molar-refractivity contribution < 1.29 is 23.4 Å². The molecule has 1 unspecified atom stereocenters. The average molecular weight is 309 g/mol. The summed E-state index contributed by atoms with van der Waals surface area (Å²) in [6, 6.07) is 6.00. The highest BCUT2D eigenvalue weighted by atomic mass is 19.1. The molecule has 0 bridgehead atoms. The van der Waals surface area contributed by atoms with Crippen LogP contribution in [0, 0.1) is 5.82 Å². The molecule has 120 valence electrons. The van der Waals surface area contributed by atoms with Gasteiger partial charge < -0.3 is 19.1 Å². The topological polar surface area (TPSA) is 48.0 Å². The van der Waals surface area contributed by atoms with Crippen LogP contribution < -0.4 is 4.74 Å². The number of piperidine rings is 1. The maximum Gasteiger partial charge on any atom is 0.260 e. The largest absolute Gasteiger partial charge is 0.481 e. The molecule has 5 nitrogen and oxygen atoms in total. The average Bonchev–Trinajstić information content (AvgIpc) is 3.08. The summed E-state index contributed by atoms with van der Waals surface area (Å²) in [5, 5.41) is 0. The molecule has 0 radical (unpaired) electrons. The van der Waals surface area contributed by atoms with Gasteiger partial charge in [-0.2, -0.15) is 0 Å². The van der Waals surface area contributed by atoms with Gasteiger partial charge in [0.05, 0.1) is 19.3 Å². The van der Waals surface area contributed by atoms with E-state index in [4.69, 9.17) is 14.2 Å². The van der Waals surface area contributed by atoms with Gasteiger partial charge in [0, 0.05) is 6.54 Å². The van der Waals surface area contributed by atoms with Crippen molar-refractivity contribution in [2.75, 3.05) is 26.4 Å². The van der Waals surface area contributed by atoms with Crippen molar-refractivity contribution >= 4 is 5.91 Å². The summed E-state index contributed by atoms with van der Waals surface area (Å²) in [7, 11) is 0. The van der Waals surface area contributed by atoms with Gasteiger partial charge in [-0.25, -0.2) is 4.39 Å². The number of ether oxygens (including phenoxy) is 3. The first kappa shape index (κ1) is 15.2. The molecule has 22 heavy (non-hydrogen) atoms. The predicted octanol–water partition coefficient (Wildman–Crippen LogP) is 1.96. The number of halogens is 1. The fourth-order valence-corrected chi connectivity index (χ4v) is 2.93. The first-order valence-electron chi connectivity index (χ1n) is 7.66. The van der Waals surface area contributed by atoms with E-state index in [1.807, 2.05) is 0 Å². The van der Waals surface area contributed by atoms with Crippen molar-refractivity contribution in [3.8, 4) is 5.75 Å². The highest BCUT2D eigenvalue weighted by Crippen LogP contribution is 2.25. The molecule has 0 N–H and O–H groups in total. The number of benzene rings is 1. The molecule has 2 fully saturated rings. The van der Waals surface area contributed by atoms with E-state index in [2.05, 4.69) is 0 Å². The molecular weight excluding hydrogens is 289 g/mol. The number of carbonyl (C=O) groups is 1.